The monoisotopic (exact) mass is 648 g/mol. The SMILES string of the molecule is COc1cc(C2C3=CCC4C(=O)N(C)C(=O)C4C3CC3(Cl)C(=O)N(CBr)C(=O)C23Cl)cc(Br)c1O. The van der Waals surface area contributed by atoms with Crippen molar-refractivity contribution >= 4 is 78.7 Å². The number of imide groups is 2. The number of benzene rings is 1. The number of amides is 4. The van der Waals surface area contributed by atoms with Crippen LogP contribution in [0, 0.1) is 17.8 Å². The van der Waals surface area contributed by atoms with Crippen LogP contribution < -0.4 is 4.74 Å². The number of phenols is 1. The molecule has 0 radical (unpaired) electrons. The lowest BCUT2D eigenvalue weighted by Gasteiger charge is -2.50. The Morgan fingerprint density at radius 2 is 1.83 bits per heavy atom. The van der Waals surface area contributed by atoms with Crippen molar-refractivity contribution in [2.45, 2.75) is 28.5 Å². The molecule has 5 rings (SSSR count). The number of aromatic hydroxyl groups is 1. The smallest absolute Gasteiger partial charge is 0.254 e. The summed E-state index contributed by atoms with van der Waals surface area (Å²) in [5.41, 5.74) is 1.05. The van der Waals surface area contributed by atoms with E-state index in [-0.39, 0.29) is 35.2 Å². The third-order valence-corrected chi connectivity index (χ3v) is 10.4. The summed E-state index contributed by atoms with van der Waals surface area (Å²) in [5, 5.41) is 10.4. The van der Waals surface area contributed by atoms with Gasteiger partial charge in [0.05, 0.1) is 28.9 Å². The minimum absolute atomic E-state index is 0.0706. The Morgan fingerprint density at radius 3 is 2.46 bits per heavy atom. The zero-order valence-corrected chi connectivity index (χ0v) is 23.2. The summed E-state index contributed by atoms with van der Waals surface area (Å²) >= 11 is 20.8. The number of nitrogens with zero attached hydrogens (tertiary/aromatic N) is 2. The molecule has 4 amide bonds. The van der Waals surface area contributed by atoms with Crippen LogP contribution in [0.2, 0.25) is 0 Å². The van der Waals surface area contributed by atoms with Gasteiger partial charge in [-0.05, 0) is 52.4 Å². The standard InChI is InChI=1S/C23H20Br2Cl2N2O6/c1-28-18(31)11-4-3-10-12(15(11)19(28)32)7-22(26)20(33)29(8-24)21(34)23(22,27)16(10)9-5-13(25)17(30)14(6-9)35-2/h3,5-6,11-12,15-16,30H,4,7-8H2,1-2H3. The van der Waals surface area contributed by atoms with E-state index in [1.807, 2.05) is 6.08 Å². The minimum Gasteiger partial charge on any atom is -0.503 e. The molecule has 0 bridgehead atoms. The van der Waals surface area contributed by atoms with E-state index in [9.17, 15) is 24.3 Å². The van der Waals surface area contributed by atoms with Crippen LogP contribution in [0.5, 0.6) is 11.5 Å². The molecule has 6 unspecified atom stereocenters. The molecule has 1 aromatic rings. The summed E-state index contributed by atoms with van der Waals surface area (Å²) in [5.74, 6) is -4.73. The number of alkyl halides is 3. The van der Waals surface area contributed by atoms with Gasteiger partial charge in [-0.25, -0.2) is 0 Å². The number of carbonyl (C=O) groups excluding carboxylic acids is 4. The second-order valence-corrected chi connectivity index (χ2v) is 11.9. The highest BCUT2D eigenvalue weighted by Crippen LogP contribution is 2.65. The zero-order chi connectivity index (χ0) is 25.6. The van der Waals surface area contributed by atoms with Gasteiger partial charge in [-0.1, -0.05) is 27.6 Å². The highest BCUT2D eigenvalue weighted by atomic mass is 79.9. The fourth-order valence-electron chi connectivity index (χ4n) is 6.20. The number of allylic oxidation sites excluding steroid dienone is 2. The lowest BCUT2D eigenvalue weighted by Crippen LogP contribution is -2.60. The maximum Gasteiger partial charge on any atom is 0.254 e. The van der Waals surface area contributed by atoms with E-state index in [1.54, 1.807) is 12.1 Å². The fraction of sp³-hybridized carbons (Fsp3) is 0.478. The number of methoxy groups -OCH3 is 1. The number of likely N-dealkylation sites (tertiary alicyclic amines) is 2. The molecule has 2 saturated heterocycles. The molecule has 35 heavy (non-hydrogen) atoms. The van der Waals surface area contributed by atoms with Gasteiger partial charge in [-0.2, -0.15) is 0 Å². The first-order valence-electron chi connectivity index (χ1n) is 10.8. The number of fused-ring (bicyclic) bond motifs is 4. The molecule has 1 aromatic carbocycles. The Bertz CT molecular complexity index is 1240. The van der Waals surface area contributed by atoms with Crippen LogP contribution >= 0.6 is 55.1 Å². The minimum atomic E-state index is -1.91. The summed E-state index contributed by atoms with van der Waals surface area (Å²) in [6.45, 7) is 0. The molecule has 186 valence electrons. The van der Waals surface area contributed by atoms with Gasteiger partial charge < -0.3 is 9.84 Å². The fourth-order valence-corrected chi connectivity index (χ4v) is 8.09. The van der Waals surface area contributed by atoms with Crippen LogP contribution in [0.25, 0.3) is 0 Å². The van der Waals surface area contributed by atoms with Crippen LogP contribution in [0.3, 0.4) is 0 Å². The van der Waals surface area contributed by atoms with Gasteiger partial charge in [0, 0.05) is 13.0 Å². The van der Waals surface area contributed by atoms with Gasteiger partial charge in [0.15, 0.2) is 21.2 Å². The van der Waals surface area contributed by atoms with Crippen LogP contribution in [-0.4, -0.2) is 67.9 Å². The summed E-state index contributed by atoms with van der Waals surface area (Å²) in [4.78, 5) is 51.4. The number of rotatable bonds is 3. The molecular formula is C23H20Br2Cl2N2O6. The van der Waals surface area contributed by atoms with Gasteiger partial charge in [-0.3, -0.25) is 29.0 Å². The van der Waals surface area contributed by atoms with E-state index in [4.69, 9.17) is 27.9 Å². The van der Waals surface area contributed by atoms with E-state index >= 15 is 0 Å². The van der Waals surface area contributed by atoms with Crippen LogP contribution in [0.4, 0.5) is 0 Å². The number of ether oxygens (including phenoxy) is 1. The highest BCUT2D eigenvalue weighted by Gasteiger charge is 2.76. The van der Waals surface area contributed by atoms with E-state index < -0.39 is 45.2 Å². The van der Waals surface area contributed by atoms with Crippen molar-refractivity contribution in [3.63, 3.8) is 0 Å². The summed E-state index contributed by atoms with van der Waals surface area (Å²) < 4.78 is 5.61. The number of carbonyl (C=O) groups is 4. The van der Waals surface area contributed by atoms with Crippen LogP contribution in [0.15, 0.2) is 28.3 Å². The third kappa shape index (κ3) is 3.03. The largest absolute Gasteiger partial charge is 0.503 e. The van der Waals surface area contributed by atoms with E-state index in [0.717, 1.165) is 9.80 Å². The molecule has 2 aliphatic heterocycles. The lowest BCUT2D eigenvalue weighted by atomic mass is 9.56. The molecule has 6 atom stereocenters. The second kappa shape index (κ2) is 8.19. The molecule has 0 spiro atoms. The quantitative estimate of drug-likeness (QED) is 0.233. The Labute approximate surface area is 227 Å². The maximum absolute atomic E-state index is 13.7. The normalized spacial score (nSPS) is 36.2. The lowest BCUT2D eigenvalue weighted by molar-refractivity contribution is -0.140. The van der Waals surface area contributed by atoms with E-state index in [1.165, 1.54) is 14.2 Å². The molecule has 8 nitrogen and oxygen atoms in total. The average Bonchev–Trinajstić information content (AvgIpc) is 3.13. The Balaban J connectivity index is 1.78. The molecule has 3 fully saturated rings. The van der Waals surface area contributed by atoms with Gasteiger partial charge >= 0.3 is 0 Å². The van der Waals surface area contributed by atoms with Gasteiger partial charge in [0.2, 0.25) is 11.8 Å². The zero-order valence-electron chi connectivity index (χ0n) is 18.6. The molecule has 4 aliphatic rings. The second-order valence-electron chi connectivity index (χ2n) is 9.28. The molecule has 1 N–H and O–H groups in total. The topological polar surface area (TPSA) is 104 Å². The first-order chi connectivity index (χ1) is 16.4. The predicted octanol–water partition coefficient (Wildman–Crippen LogP) is 3.50. The molecule has 12 heteroatoms. The predicted molar refractivity (Wildman–Crippen MR) is 133 cm³/mol. The Kier molecular flexibility index (Phi) is 5.86. The number of hydrogen-bond acceptors (Lipinski definition) is 6. The first kappa shape index (κ1) is 25.0. The van der Waals surface area contributed by atoms with E-state index in [2.05, 4.69) is 31.9 Å². The molecular weight excluding hydrogens is 631 g/mol. The summed E-state index contributed by atoms with van der Waals surface area (Å²) in [6, 6.07) is 3.14. The van der Waals surface area contributed by atoms with Crippen molar-refractivity contribution in [3.8, 4) is 11.5 Å². The highest BCUT2D eigenvalue weighted by molar-refractivity contribution is 9.10. The molecule has 1 saturated carbocycles. The average molecular weight is 651 g/mol. The van der Waals surface area contributed by atoms with Gasteiger partial charge in [0.25, 0.3) is 11.8 Å². The summed E-state index contributed by atoms with van der Waals surface area (Å²) in [6.07, 6.45) is 2.08. The van der Waals surface area contributed by atoms with Gasteiger partial charge in [0.1, 0.15) is 0 Å². The molecule has 0 aromatic heterocycles. The van der Waals surface area contributed by atoms with Crippen molar-refractivity contribution in [1.82, 2.24) is 9.80 Å². The van der Waals surface area contributed by atoms with Crippen molar-refractivity contribution in [3.05, 3.63) is 33.8 Å². The van der Waals surface area contributed by atoms with E-state index in [0.29, 0.717) is 22.0 Å². The van der Waals surface area contributed by atoms with Crippen molar-refractivity contribution < 1.29 is 29.0 Å². The Morgan fingerprint density at radius 1 is 1.14 bits per heavy atom. The van der Waals surface area contributed by atoms with Crippen molar-refractivity contribution in [2.75, 3.05) is 19.6 Å². The first-order valence-corrected chi connectivity index (χ1v) is 13.5. The number of halogens is 4. The van der Waals surface area contributed by atoms with Crippen LogP contribution in [0.1, 0.15) is 24.3 Å². The van der Waals surface area contributed by atoms with Crippen molar-refractivity contribution in [2.24, 2.45) is 17.8 Å². The van der Waals surface area contributed by atoms with Gasteiger partial charge in [-0.15, -0.1) is 23.2 Å². The number of phenolic OH excluding ortho intramolecular Hbond substituents is 1. The summed E-state index contributed by atoms with van der Waals surface area (Å²) in [7, 11) is 2.83. The number of hydrogen-bond donors (Lipinski definition) is 1. The maximum atomic E-state index is 13.7. The third-order valence-electron chi connectivity index (χ3n) is 7.84. The van der Waals surface area contributed by atoms with Crippen molar-refractivity contribution in [1.29, 1.82) is 0 Å². The molecule has 2 aliphatic carbocycles. The molecule has 2 heterocycles. The van der Waals surface area contributed by atoms with Crippen LogP contribution in [-0.2, 0) is 19.2 Å². The Hall–Kier alpha value is -1.62.